The van der Waals surface area contributed by atoms with Crippen molar-refractivity contribution in [2.75, 3.05) is 13.1 Å². The fraction of sp³-hybridized carbons (Fsp3) is 0.235. The summed E-state index contributed by atoms with van der Waals surface area (Å²) in [4.78, 5) is 18.6. The number of hydrogen-bond donors (Lipinski definition) is 2. The third-order valence-electron chi connectivity index (χ3n) is 3.01. The molecular formula is C17H22N4O. The Labute approximate surface area is 130 Å². The minimum Gasteiger partial charge on any atom is -0.369 e. The summed E-state index contributed by atoms with van der Waals surface area (Å²) in [5.74, 6) is -0.357. The number of carbonyl (C=O) groups is 1. The summed E-state index contributed by atoms with van der Waals surface area (Å²) in [6, 6.07) is 0. The third kappa shape index (κ3) is 6.76. The molecule has 0 spiro atoms. The predicted molar refractivity (Wildman–Crippen MR) is 90.0 cm³/mol. The Morgan fingerprint density at radius 1 is 1.36 bits per heavy atom. The summed E-state index contributed by atoms with van der Waals surface area (Å²) in [5, 5.41) is 4.52. The first-order valence-electron chi connectivity index (χ1n) is 6.97. The van der Waals surface area contributed by atoms with Crippen molar-refractivity contribution < 1.29 is 4.79 Å². The molecule has 0 aliphatic rings. The second-order valence-corrected chi connectivity index (χ2v) is 4.82. The number of rotatable bonds is 7. The zero-order valence-corrected chi connectivity index (χ0v) is 13.0. The molecule has 0 aliphatic heterocycles. The van der Waals surface area contributed by atoms with E-state index >= 15 is 0 Å². The number of nitrogens with zero attached hydrogens (tertiary/aromatic N) is 2. The van der Waals surface area contributed by atoms with Gasteiger partial charge in [0.2, 0.25) is 5.91 Å². The van der Waals surface area contributed by atoms with Crippen LogP contribution in [-0.4, -0.2) is 29.0 Å². The van der Waals surface area contributed by atoms with Crippen molar-refractivity contribution in [2.24, 2.45) is 5.73 Å². The molecule has 0 saturated heterocycles. The lowest BCUT2D eigenvalue weighted by atomic mass is 10.1. The van der Waals surface area contributed by atoms with Gasteiger partial charge in [-0.25, -0.2) is 9.97 Å². The van der Waals surface area contributed by atoms with E-state index in [1.807, 2.05) is 44.2 Å². The Morgan fingerprint density at radius 2 is 2.09 bits per heavy atom. The number of hydrogen-bond acceptors (Lipinski definition) is 4. The fourth-order valence-corrected chi connectivity index (χ4v) is 1.54. The predicted octanol–water partition coefficient (Wildman–Crippen LogP) is 0.191. The summed E-state index contributed by atoms with van der Waals surface area (Å²) in [6.07, 6.45) is 13.1. The molecule has 1 aromatic rings. The van der Waals surface area contributed by atoms with Crippen LogP contribution < -0.4 is 21.6 Å². The highest BCUT2D eigenvalue weighted by molar-refractivity contribution is 5.75. The van der Waals surface area contributed by atoms with Crippen LogP contribution in [0.5, 0.6) is 0 Å². The van der Waals surface area contributed by atoms with Crippen LogP contribution >= 0.6 is 0 Å². The number of aromatic nitrogens is 2. The smallest absolute Gasteiger partial charge is 0.231 e. The zero-order valence-electron chi connectivity index (χ0n) is 13.0. The average molecular weight is 298 g/mol. The highest BCUT2D eigenvalue weighted by atomic mass is 16.1. The minimum absolute atomic E-state index is 0.188. The number of carbonyl (C=O) groups excluding carboxylic acids is 1. The largest absolute Gasteiger partial charge is 0.369 e. The van der Waals surface area contributed by atoms with Gasteiger partial charge in [0.25, 0.3) is 0 Å². The second kappa shape index (κ2) is 9.41. The van der Waals surface area contributed by atoms with Gasteiger partial charge in [-0.15, -0.1) is 0 Å². The number of allylic oxidation sites excluding steroid dienone is 5. The molecule has 5 nitrogen and oxygen atoms in total. The van der Waals surface area contributed by atoms with Crippen molar-refractivity contribution in [3.63, 3.8) is 0 Å². The number of amides is 1. The minimum atomic E-state index is -0.357. The van der Waals surface area contributed by atoms with Crippen molar-refractivity contribution in [1.29, 1.82) is 0 Å². The van der Waals surface area contributed by atoms with Gasteiger partial charge in [0.1, 0.15) is 6.33 Å². The normalized spacial score (nSPS) is 13.8. The zero-order chi connectivity index (χ0) is 16.4. The molecule has 0 radical (unpaired) electrons. The first kappa shape index (κ1) is 17.5. The Balaban J connectivity index is 2.64. The van der Waals surface area contributed by atoms with E-state index in [2.05, 4.69) is 21.9 Å². The molecule has 0 aromatic carbocycles. The molecule has 0 unspecified atom stereocenters. The van der Waals surface area contributed by atoms with Crippen LogP contribution in [0, 0.1) is 0 Å². The third-order valence-corrected chi connectivity index (χ3v) is 3.01. The van der Waals surface area contributed by atoms with Crippen molar-refractivity contribution in [3.05, 3.63) is 58.5 Å². The van der Waals surface area contributed by atoms with Gasteiger partial charge in [-0.1, -0.05) is 37.0 Å². The summed E-state index contributed by atoms with van der Waals surface area (Å²) >= 11 is 0. The van der Waals surface area contributed by atoms with Crippen LogP contribution in [0.4, 0.5) is 0 Å². The van der Waals surface area contributed by atoms with Gasteiger partial charge in [-0.05, 0) is 25.0 Å². The monoisotopic (exact) mass is 298 g/mol. The van der Waals surface area contributed by atoms with Crippen LogP contribution in [0.15, 0.2) is 48.0 Å². The first-order valence-corrected chi connectivity index (χ1v) is 6.97. The summed E-state index contributed by atoms with van der Waals surface area (Å²) in [7, 11) is 0. The Morgan fingerprint density at radius 3 is 2.77 bits per heavy atom. The number of nitrogens with one attached hydrogen (secondary N) is 1. The van der Waals surface area contributed by atoms with E-state index in [4.69, 9.17) is 5.73 Å². The van der Waals surface area contributed by atoms with E-state index in [1.165, 1.54) is 6.33 Å². The summed E-state index contributed by atoms with van der Waals surface area (Å²) < 4.78 is 0. The van der Waals surface area contributed by atoms with E-state index in [0.717, 1.165) is 16.4 Å². The SMILES string of the molecule is C=c1ncnc/c1=C/C=C(C)/C(C)=C/C=C/CNCC(N)=O. The van der Waals surface area contributed by atoms with Crippen LogP contribution in [0.1, 0.15) is 13.8 Å². The van der Waals surface area contributed by atoms with E-state index in [0.29, 0.717) is 11.9 Å². The maximum atomic E-state index is 10.5. The van der Waals surface area contributed by atoms with Gasteiger partial charge in [0.05, 0.1) is 11.9 Å². The quantitative estimate of drug-likeness (QED) is 0.556. The van der Waals surface area contributed by atoms with Crippen molar-refractivity contribution >= 4 is 18.6 Å². The van der Waals surface area contributed by atoms with Crippen molar-refractivity contribution in [1.82, 2.24) is 15.3 Å². The summed E-state index contributed by atoms with van der Waals surface area (Å²) in [5.41, 5.74) is 7.31. The van der Waals surface area contributed by atoms with E-state index in [-0.39, 0.29) is 12.5 Å². The lowest BCUT2D eigenvalue weighted by Crippen LogP contribution is -2.28. The Hall–Kier alpha value is -2.53. The highest BCUT2D eigenvalue weighted by Crippen LogP contribution is 2.07. The lowest BCUT2D eigenvalue weighted by molar-refractivity contribution is -0.117. The van der Waals surface area contributed by atoms with Gasteiger partial charge in [0.15, 0.2) is 0 Å². The van der Waals surface area contributed by atoms with Crippen LogP contribution in [0.25, 0.3) is 12.7 Å². The standard InChI is InChI=1S/C17H22N4O/c1-13(6-4-5-9-19-11-17(18)22)14(2)7-8-16-10-20-12-21-15(16)3/h4-8,10,12,19H,3,9,11H2,1-2H3,(H2,18,22)/b5-4+,13-6+,14-7+,16-8-. The van der Waals surface area contributed by atoms with E-state index in [9.17, 15) is 4.79 Å². The van der Waals surface area contributed by atoms with Crippen LogP contribution in [0.3, 0.4) is 0 Å². The Bertz CT molecular complexity index is 702. The van der Waals surface area contributed by atoms with Gasteiger partial charge < -0.3 is 11.1 Å². The summed E-state index contributed by atoms with van der Waals surface area (Å²) in [6.45, 7) is 8.72. The maximum absolute atomic E-state index is 10.5. The molecule has 3 N–H and O–H groups in total. The number of nitrogens with two attached hydrogens (primary N) is 1. The first-order chi connectivity index (χ1) is 10.5. The molecule has 116 valence electrons. The van der Waals surface area contributed by atoms with Gasteiger partial charge in [0, 0.05) is 18.0 Å². The molecule has 0 bridgehead atoms. The molecule has 1 rings (SSSR count). The average Bonchev–Trinajstić information content (AvgIpc) is 2.49. The van der Waals surface area contributed by atoms with Gasteiger partial charge >= 0.3 is 0 Å². The molecule has 0 atom stereocenters. The molecule has 0 fully saturated rings. The Kier molecular flexibility index (Phi) is 7.50. The molecule has 1 heterocycles. The molecule has 0 aliphatic carbocycles. The molecule has 22 heavy (non-hydrogen) atoms. The molecule has 1 amide bonds. The fourth-order valence-electron chi connectivity index (χ4n) is 1.54. The molecule has 1 aromatic heterocycles. The lowest BCUT2D eigenvalue weighted by Gasteiger charge is -1.98. The van der Waals surface area contributed by atoms with Gasteiger partial charge in [-0.2, -0.15) is 0 Å². The topological polar surface area (TPSA) is 80.9 Å². The molecular weight excluding hydrogens is 276 g/mol. The molecule has 5 heteroatoms. The van der Waals surface area contributed by atoms with E-state index < -0.39 is 0 Å². The second-order valence-electron chi connectivity index (χ2n) is 4.82. The van der Waals surface area contributed by atoms with Crippen molar-refractivity contribution in [2.45, 2.75) is 13.8 Å². The molecule has 0 saturated carbocycles. The number of primary amides is 1. The van der Waals surface area contributed by atoms with E-state index in [1.54, 1.807) is 6.20 Å². The van der Waals surface area contributed by atoms with Crippen LogP contribution in [-0.2, 0) is 4.79 Å². The van der Waals surface area contributed by atoms with Gasteiger partial charge in [-0.3, -0.25) is 4.79 Å². The van der Waals surface area contributed by atoms with Crippen molar-refractivity contribution in [3.8, 4) is 0 Å². The highest BCUT2D eigenvalue weighted by Gasteiger charge is 1.91. The maximum Gasteiger partial charge on any atom is 0.231 e. The van der Waals surface area contributed by atoms with Crippen LogP contribution in [0.2, 0.25) is 0 Å².